The van der Waals surface area contributed by atoms with Crippen molar-refractivity contribution in [1.82, 2.24) is 9.55 Å². The summed E-state index contributed by atoms with van der Waals surface area (Å²) in [6.45, 7) is 2.73. The van der Waals surface area contributed by atoms with Crippen LogP contribution < -0.4 is 10.6 Å². The molecule has 0 unspecified atom stereocenters. The lowest BCUT2D eigenvalue weighted by atomic mass is 10.0. The highest BCUT2D eigenvalue weighted by atomic mass is 16.2. The number of carbonyl (C=O) groups is 2. The fourth-order valence-electron chi connectivity index (χ4n) is 3.19. The number of imidazole rings is 1. The number of hydrogen-bond acceptors (Lipinski definition) is 3. The number of nitrogens with one attached hydrogen (secondary N) is 2. The van der Waals surface area contributed by atoms with E-state index in [9.17, 15) is 9.59 Å². The molecular weight excluding hydrogens is 316 g/mol. The second-order valence-electron chi connectivity index (χ2n) is 6.04. The quantitative estimate of drug-likeness (QED) is 0.772. The van der Waals surface area contributed by atoms with Crippen LogP contribution in [0.3, 0.4) is 0 Å². The second-order valence-corrected chi connectivity index (χ2v) is 6.04. The third kappa shape index (κ3) is 2.76. The Labute approximate surface area is 144 Å². The number of para-hydroxylation sites is 2. The van der Waals surface area contributed by atoms with Gasteiger partial charge >= 0.3 is 0 Å². The lowest BCUT2D eigenvalue weighted by molar-refractivity contribution is -0.116. The maximum atomic E-state index is 12.7. The van der Waals surface area contributed by atoms with Crippen LogP contribution in [0.2, 0.25) is 0 Å². The van der Waals surface area contributed by atoms with E-state index in [1.54, 1.807) is 12.1 Å². The first-order valence-electron chi connectivity index (χ1n) is 8.35. The molecular formula is C19H18N4O2. The van der Waals surface area contributed by atoms with Gasteiger partial charge in [0.2, 0.25) is 11.9 Å². The van der Waals surface area contributed by atoms with E-state index >= 15 is 0 Å². The van der Waals surface area contributed by atoms with Crippen molar-refractivity contribution >= 4 is 34.5 Å². The number of rotatable bonds is 3. The molecule has 0 aliphatic carbocycles. The van der Waals surface area contributed by atoms with Crippen LogP contribution in [0.1, 0.15) is 29.3 Å². The van der Waals surface area contributed by atoms with Gasteiger partial charge in [0.25, 0.3) is 5.91 Å². The highest BCUT2D eigenvalue weighted by Gasteiger charge is 2.18. The number of hydrogen-bond donors (Lipinski definition) is 2. The van der Waals surface area contributed by atoms with Gasteiger partial charge in [-0.25, -0.2) is 4.98 Å². The second kappa shape index (κ2) is 6.05. The van der Waals surface area contributed by atoms with Crippen molar-refractivity contribution in [1.29, 1.82) is 0 Å². The Balaban J connectivity index is 1.63. The summed E-state index contributed by atoms with van der Waals surface area (Å²) in [6.07, 6.45) is 1.10. The summed E-state index contributed by atoms with van der Waals surface area (Å²) < 4.78 is 1.98. The number of aryl methyl sites for hydroxylation is 2. The highest BCUT2D eigenvalue weighted by Crippen LogP contribution is 2.24. The van der Waals surface area contributed by atoms with Crippen LogP contribution >= 0.6 is 0 Å². The molecule has 0 atom stereocenters. The van der Waals surface area contributed by atoms with Gasteiger partial charge < -0.3 is 9.88 Å². The minimum absolute atomic E-state index is 0.0152. The number of aromatic nitrogens is 2. The Morgan fingerprint density at radius 1 is 1.24 bits per heavy atom. The zero-order valence-electron chi connectivity index (χ0n) is 13.9. The molecule has 3 aromatic rings. The Morgan fingerprint density at radius 2 is 2.08 bits per heavy atom. The van der Waals surface area contributed by atoms with Crippen LogP contribution in [0.5, 0.6) is 0 Å². The third-order valence-electron chi connectivity index (χ3n) is 4.46. The number of amides is 2. The van der Waals surface area contributed by atoms with Gasteiger partial charge in [-0.2, -0.15) is 0 Å². The van der Waals surface area contributed by atoms with Crippen LogP contribution in [0.4, 0.5) is 11.6 Å². The lowest BCUT2D eigenvalue weighted by Gasteiger charge is -2.17. The summed E-state index contributed by atoms with van der Waals surface area (Å²) in [6, 6.07) is 13.1. The number of anilines is 2. The summed E-state index contributed by atoms with van der Waals surface area (Å²) in [7, 11) is 0. The maximum Gasteiger partial charge on any atom is 0.257 e. The molecule has 4 rings (SSSR count). The normalized spacial score (nSPS) is 13.4. The Kier molecular flexibility index (Phi) is 3.72. The summed E-state index contributed by atoms with van der Waals surface area (Å²) in [4.78, 5) is 28.6. The molecule has 1 aliphatic heterocycles. The van der Waals surface area contributed by atoms with E-state index in [-0.39, 0.29) is 11.8 Å². The SMILES string of the molecule is CCn1c(NC(=O)c2ccc3c(c2)CCC(=O)N3)nc2ccccc21. The van der Waals surface area contributed by atoms with E-state index in [2.05, 4.69) is 15.6 Å². The molecule has 2 aromatic carbocycles. The van der Waals surface area contributed by atoms with Gasteiger partial charge in [0.15, 0.2) is 0 Å². The average molecular weight is 334 g/mol. The monoisotopic (exact) mass is 334 g/mol. The lowest BCUT2D eigenvalue weighted by Crippen LogP contribution is -2.20. The van der Waals surface area contributed by atoms with Crippen molar-refractivity contribution in [2.75, 3.05) is 10.6 Å². The van der Waals surface area contributed by atoms with E-state index < -0.39 is 0 Å². The van der Waals surface area contributed by atoms with Gasteiger partial charge in [-0.15, -0.1) is 0 Å². The molecule has 2 N–H and O–H groups in total. The number of nitrogens with zero attached hydrogens (tertiary/aromatic N) is 2. The largest absolute Gasteiger partial charge is 0.326 e. The van der Waals surface area contributed by atoms with Gasteiger partial charge in [0, 0.05) is 24.2 Å². The Bertz CT molecular complexity index is 990. The summed E-state index contributed by atoms with van der Waals surface area (Å²) >= 11 is 0. The van der Waals surface area contributed by atoms with Crippen molar-refractivity contribution in [2.45, 2.75) is 26.3 Å². The summed E-state index contributed by atoms with van der Waals surface area (Å²) in [5.74, 6) is 0.353. The standard InChI is InChI=1S/C19H18N4O2/c1-2-23-16-6-4-3-5-15(16)21-19(23)22-18(25)13-7-9-14-12(11-13)8-10-17(24)20-14/h3-7,9,11H,2,8,10H2,1H3,(H,20,24)(H,21,22,25). The smallest absolute Gasteiger partial charge is 0.257 e. The van der Waals surface area contributed by atoms with Crippen LogP contribution in [-0.2, 0) is 17.8 Å². The van der Waals surface area contributed by atoms with Gasteiger partial charge in [-0.05, 0) is 49.2 Å². The van der Waals surface area contributed by atoms with Crippen LogP contribution in [0.15, 0.2) is 42.5 Å². The molecule has 1 aromatic heterocycles. The molecule has 0 bridgehead atoms. The topological polar surface area (TPSA) is 76.0 Å². The first-order chi connectivity index (χ1) is 12.2. The molecule has 2 amide bonds. The van der Waals surface area contributed by atoms with E-state index in [0.29, 0.717) is 30.9 Å². The fourth-order valence-corrected chi connectivity index (χ4v) is 3.19. The fraction of sp³-hybridized carbons (Fsp3) is 0.211. The third-order valence-corrected chi connectivity index (χ3v) is 4.46. The van der Waals surface area contributed by atoms with E-state index in [1.165, 1.54) is 0 Å². The molecule has 0 fully saturated rings. The van der Waals surface area contributed by atoms with Crippen molar-refractivity contribution in [3.05, 3.63) is 53.6 Å². The molecule has 6 heteroatoms. The van der Waals surface area contributed by atoms with Crippen LogP contribution in [0.25, 0.3) is 11.0 Å². The van der Waals surface area contributed by atoms with Gasteiger partial charge in [-0.1, -0.05) is 12.1 Å². The van der Waals surface area contributed by atoms with Gasteiger partial charge in [0.1, 0.15) is 0 Å². The number of fused-ring (bicyclic) bond motifs is 2. The Hall–Kier alpha value is -3.15. The zero-order valence-corrected chi connectivity index (χ0v) is 13.9. The molecule has 0 radical (unpaired) electrons. The van der Waals surface area contributed by atoms with Gasteiger partial charge in [-0.3, -0.25) is 14.9 Å². The number of carbonyl (C=O) groups excluding carboxylic acids is 2. The molecule has 25 heavy (non-hydrogen) atoms. The van der Waals surface area contributed by atoms with Gasteiger partial charge in [0.05, 0.1) is 11.0 Å². The van der Waals surface area contributed by atoms with Crippen molar-refractivity contribution in [3.8, 4) is 0 Å². The highest BCUT2D eigenvalue weighted by molar-refractivity contribution is 6.05. The average Bonchev–Trinajstić information content (AvgIpc) is 2.98. The maximum absolute atomic E-state index is 12.7. The summed E-state index contributed by atoms with van der Waals surface area (Å²) in [5, 5.41) is 5.73. The van der Waals surface area contributed by atoms with E-state index in [0.717, 1.165) is 22.3 Å². The summed E-state index contributed by atoms with van der Waals surface area (Å²) in [5.41, 5.74) is 4.18. The molecule has 2 heterocycles. The van der Waals surface area contributed by atoms with E-state index in [1.807, 2.05) is 41.8 Å². The molecule has 0 saturated carbocycles. The van der Waals surface area contributed by atoms with Crippen molar-refractivity contribution in [3.63, 3.8) is 0 Å². The Morgan fingerprint density at radius 3 is 2.92 bits per heavy atom. The van der Waals surface area contributed by atoms with Crippen molar-refractivity contribution in [2.24, 2.45) is 0 Å². The molecule has 1 aliphatic rings. The first-order valence-corrected chi connectivity index (χ1v) is 8.35. The predicted molar refractivity (Wildman–Crippen MR) is 96.8 cm³/mol. The minimum atomic E-state index is -0.204. The minimum Gasteiger partial charge on any atom is -0.326 e. The first kappa shape index (κ1) is 15.4. The molecule has 126 valence electrons. The predicted octanol–water partition coefficient (Wildman–Crippen LogP) is 3.19. The van der Waals surface area contributed by atoms with Crippen molar-refractivity contribution < 1.29 is 9.59 Å². The molecule has 6 nitrogen and oxygen atoms in total. The van der Waals surface area contributed by atoms with Crippen LogP contribution in [0, 0.1) is 0 Å². The molecule has 0 saturated heterocycles. The molecule has 0 spiro atoms. The van der Waals surface area contributed by atoms with Crippen LogP contribution in [-0.4, -0.2) is 21.4 Å². The zero-order chi connectivity index (χ0) is 17.4. The number of benzene rings is 2. The van der Waals surface area contributed by atoms with E-state index in [4.69, 9.17) is 0 Å².